The van der Waals surface area contributed by atoms with Gasteiger partial charge in [-0.25, -0.2) is 37.5 Å². The van der Waals surface area contributed by atoms with Gasteiger partial charge in [0.15, 0.2) is 34.6 Å². The zero-order valence-corrected chi connectivity index (χ0v) is 10.6. The lowest BCUT2D eigenvalue weighted by atomic mass is 10.2. The van der Waals surface area contributed by atoms with Crippen LogP contribution in [0.25, 0.3) is 33.4 Å². The van der Waals surface area contributed by atoms with Crippen molar-refractivity contribution in [1.29, 1.82) is 0 Å². The lowest BCUT2D eigenvalue weighted by Crippen LogP contribution is -2.03. The van der Waals surface area contributed by atoms with Gasteiger partial charge in [-0.1, -0.05) is 12.1 Å². The molecule has 2 aromatic carbocycles. The SMILES string of the molecule is Fc1c(F)c(F)c2nc3nc4ccccc4nc3nc2c1F. The third-order valence-corrected chi connectivity index (χ3v) is 3.19. The second kappa shape index (κ2) is 4.30. The van der Waals surface area contributed by atoms with Crippen LogP contribution < -0.4 is 0 Å². The minimum atomic E-state index is -1.94. The van der Waals surface area contributed by atoms with Crippen LogP contribution in [0.3, 0.4) is 0 Å². The summed E-state index contributed by atoms with van der Waals surface area (Å²) in [4.78, 5) is 15.7. The molecule has 2 heterocycles. The highest BCUT2D eigenvalue weighted by Gasteiger charge is 2.23. The molecule has 4 nitrogen and oxygen atoms in total. The molecule has 0 bridgehead atoms. The average molecular weight is 304 g/mol. The van der Waals surface area contributed by atoms with Crippen molar-refractivity contribution in [3.63, 3.8) is 0 Å². The van der Waals surface area contributed by atoms with E-state index < -0.39 is 34.3 Å². The van der Waals surface area contributed by atoms with Gasteiger partial charge in [0.1, 0.15) is 11.0 Å². The minimum Gasteiger partial charge on any atom is -0.224 e. The van der Waals surface area contributed by atoms with Crippen LogP contribution in [0.1, 0.15) is 0 Å². The van der Waals surface area contributed by atoms with Crippen LogP contribution in [0.2, 0.25) is 0 Å². The number of hydrogen-bond acceptors (Lipinski definition) is 4. The van der Waals surface area contributed by atoms with Crippen molar-refractivity contribution in [2.45, 2.75) is 0 Å². The molecule has 0 spiro atoms. The number of benzene rings is 2. The van der Waals surface area contributed by atoms with E-state index in [0.29, 0.717) is 11.0 Å². The van der Waals surface area contributed by atoms with Crippen molar-refractivity contribution in [2.75, 3.05) is 0 Å². The molecular weight excluding hydrogens is 300 g/mol. The van der Waals surface area contributed by atoms with E-state index in [0.717, 1.165) is 0 Å². The van der Waals surface area contributed by atoms with Gasteiger partial charge in [0.25, 0.3) is 0 Å². The van der Waals surface area contributed by atoms with Gasteiger partial charge in [-0.3, -0.25) is 0 Å². The second-order valence-corrected chi connectivity index (χ2v) is 4.54. The maximum atomic E-state index is 13.7. The number of nitrogens with zero attached hydrogens (tertiary/aromatic N) is 4. The first-order chi connectivity index (χ1) is 10.6. The van der Waals surface area contributed by atoms with Crippen LogP contribution in [-0.2, 0) is 0 Å². The predicted octanol–water partition coefficient (Wildman–Crippen LogP) is 3.28. The predicted molar refractivity (Wildman–Crippen MR) is 70.0 cm³/mol. The Hall–Kier alpha value is -2.90. The van der Waals surface area contributed by atoms with Gasteiger partial charge < -0.3 is 0 Å². The van der Waals surface area contributed by atoms with E-state index in [1.807, 2.05) is 0 Å². The van der Waals surface area contributed by atoms with E-state index in [9.17, 15) is 17.6 Å². The fourth-order valence-corrected chi connectivity index (χ4v) is 2.16. The van der Waals surface area contributed by atoms with Crippen LogP contribution >= 0.6 is 0 Å². The molecule has 0 aliphatic carbocycles. The Morgan fingerprint density at radius 2 is 0.955 bits per heavy atom. The number of para-hydroxylation sites is 2. The molecule has 0 atom stereocenters. The highest BCUT2D eigenvalue weighted by molar-refractivity contribution is 5.88. The van der Waals surface area contributed by atoms with Crippen molar-refractivity contribution in [3.8, 4) is 0 Å². The molecule has 0 aliphatic heterocycles. The number of aromatic nitrogens is 4. The van der Waals surface area contributed by atoms with E-state index in [1.165, 1.54) is 0 Å². The summed E-state index contributed by atoms with van der Waals surface area (Å²) in [6, 6.07) is 6.73. The molecule has 0 fully saturated rings. The van der Waals surface area contributed by atoms with Crippen molar-refractivity contribution in [1.82, 2.24) is 19.9 Å². The molecule has 0 saturated carbocycles. The molecule has 0 N–H and O–H groups in total. The van der Waals surface area contributed by atoms with Gasteiger partial charge in [0, 0.05) is 0 Å². The molecular formula is C14H4F4N4. The Labute approximate surface area is 119 Å². The van der Waals surface area contributed by atoms with Crippen molar-refractivity contribution in [2.24, 2.45) is 0 Å². The fraction of sp³-hybridized carbons (Fsp3) is 0. The van der Waals surface area contributed by atoms with E-state index in [4.69, 9.17) is 0 Å². The van der Waals surface area contributed by atoms with Gasteiger partial charge >= 0.3 is 0 Å². The monoisotopic (exact) mass is 304 g/mol. The standard InChI is InChI=1S/C14H4F4N4/c15-7-8(16)10(18)12-11(9(7)17)21-13-14(22-12)20-6-4-2-1-3-5(6)19-13/h1-4H. The molecule has 8 heteroatoms. The summed E-state index contributed by atoms with van der Waals surface area (Å²) < 4.78 is 54.1. The molecule has 0 saturated heterocycles. The molecule has 0 radical (unpaired) electrons. The summed E-state index contributed by atoms with van der Waals surface area (Å²) in [5, 5.41) is 0. The summed E-state index contributed by atoms with van der Waals surface area (Å²) >= 11 is 0. The van der Waals surface area contributed by atoms with E-state index in [1.54, 1.807) is 24.3 Å². The summed E-state index contributed by atoms with van der Waals surface area (Å²) in [6.45, 7) is 0. The Bertz CT molecular complexity index is 995. The molecule has 22 heavy (non-hydrogen) atoms. The largest absolute Gasteiger partial charge is 0.224 e. The number of halogens is 4. The lowest BCUT2D eigenvalue weighted by Gasteiger charge is -2.05. The Kier molecular flexibility index (Phi) is 2.50. The first kappa shape index (κ1) is 12.8. The van der Waals surface area contributed by atoms with E-state index in [-0.39, 0.29) is 11.3 Å². The van der Waals surface area contributed by atoms with Crippen LogP contribution in [0, 0.1) is 23.3 Å². The zero-order chi connectivity index (χ0) is 15.4. The van der Waals surface area contributed by atoms with Gasteiger partial charge in [0.05, 0.1) is 11.0 Å². The summed E-state index contributed by atoms with van der Waals surface area (Å²) in [7, 11) is 0. The molecule has 0 aliphatic rings. The maximum absolute atomic E-state index is 13.7. The molecule has 4 rings (SSSR count). The van der Waals surface area contributed by atoms with Crippen molar-refractivity contribution < 1.29 is 17.6 Å². The van der Waals surface area contributed by atoms with E-state index in [2.05, 4.69) is 19.9 Å². The van der Waals surface area contributed by atoms with Gasteiger partial charge in [0.2, 0.25) is 0 Å². The Morgan fingerprint density at radius 1 is 0.545 bits per heavy atom. The lowest BCUT2D eigenvalue weighted by molar-refractivity contribution is 0.416. The fourth-order valence-electron chi connectivity index (χ4n) is 2.16. The number of fused-ring (bicyclic) bond motifs is 3. The summed E-state index contributed by atoms with van der Waals surface area (Å²) in [5.41, 5.74) is -0.702. The number of rotatable bonds is 0. The van der Waals surface area contributed by atoms with E-state index >= 15 is 0 Å². The van der Waals surface area contributed by atoms with Crippen molar-refractivity contribution >= 4 is 33.4 Å². The maximum Gasteiger partial charge on any atom is 0.199 e. The molecule has 0 amide bonds. The van der Waals surface area contributed by atoms with Crippen LogP contribution in [0.15, 0.2) is 24.3 Å². The molecule has 0 unspecified atom stereocenters. The van der Waals surface area contributed by atoms with Crippen LogP contribution in [0.4, 0.5) is 17.6 Å². The Morgan fingerprint density at radius 3 is 1.36 bits per heavy atom. The minimum absolute atomic E-state index is 0.0875. The highest BCUT2D eigenvalue weighted by Crippen LogP contribution is 2.25. The van der Waals surface area contributed by atoms with Gasteiger partial charge in [-0.15, -0.1) is 0 Å². The third-order valence-electron chi connectivity index (χ3n) is 3.19. The van der Waals surface area contributed by atoms with Crippen LogP contribution in [-0.4, -0.2) is 19.9 Å². The zero-order valence-electron chi connectivity index (χ0n) is 10.6. The quantitative estimate of drug-likeness (QED) is 0.216. The van der Waals surface area contributed by atoms with Gasteiger partial charge in [-0.05, 0) is 12.1 Å². The van der Waals surface area contributed by atoms with Crippen molar-refractivity contribution in [3.05, 3.63) is 47.5 Å². The topological polar surface area (TPSA) is 51.6 Å². The Balaban J connectivity index is 2.21. The molecule has 108 valence electrons. The molecule has 4 aromatic rings. The summed E-state index contributed by atoms with van der Waals surface area (Å²) in [5.74, 6) is -7.10. The van der Waals surface area contributed by atoms with Crippen LogP contribution in [0.5, 0.6) is 0 Å². The average Bonchev–Trinajstić information content (AvgIpc) is 2.55. The second-order valence-electron chi connectivity index (χ2n) is 4.54. The normalized spacial score (nSPS) is 11.6. The first-order valence-corrected chi connectivity index (χ1v) is 6.12. The summed E-state index contributed by atoms with van der Waals surface area (Å²) in [6.07, 6.45) is 0. The smallest absolute Gasteiger partial charge is 0.199 e. The third kappa shape index (κ3) is 1.63. The first-order valence-electron chi connectivity index (χ1n) is 6.12. The molecule has 2 aromatic heterocycles. The van der Waals surface area contributed by atoms with Gasteiger partial charge in [-0.2, -0.15) is 0 Å². The highest BCUT2D eigenvalue weighted by atomic mass is 19.2. The number of hydrogen-bond donors (Lipinski definition) is 0.